The van der Waals surface area contributed by atoms with Crippen LogP contribution in [-0.2, 0) is 11.3 Å². The predicted octanol–water partition coefficient (Wildman–Crippen LogP) is 4.04. The smallest absolute Gasteiger partial charge is 0.410 e. The Hall–Kier alpha value is -2.44. The molecule has 2 aliphatic heterocycles. The zero-order valence-electron chi connectivity index (χ0n) is 15.6. The van der Waals surface area contributed by atoms with Gasteiger partial charge < -0.3 is 19.6 Å². The highest BCUT2D eigenvalue weighted by Crippen LogP contribution is 2.32. The van der Waals surface area contributed by atoms with Crippen LogP contribution >= 0.6 is 23.2 Å². The molecular formula is C21H20Cl2N2O4. The monoisotopic (exact) mass is 434 g/mol. The molecule has 2 saturated heterocycles. The summed E-state index contributed by atoms with van der Waals surface area (Å²) in [6, 6.07) is 11.3. The van der Waals surface area contributed by atoms with Crippen molar-refractivity contribution in [1.82, 2.24) is 9.80 Å². The number of rotatable bonds is 3. The van der Waals surface area contributed by atoms with Gasteiger partial charge in [0.15, 0.2) is 0 Å². The largest absolute Gasteiger partial charge is 0.508 e. The van der Waals surface area contributed by atoms with E-state index in [0.29, 0.717) is 41.8 Å². The molecule has 2 amide bonds. The normalized spacial score (nSPS) is 20.6. The second-order valence-electron chi connectivity index (χ2n) is 7.51. The Morgan fingerprint density at radius 1 is 0.931 bits per heavy atom. The second-order valence-corrected chi connectivity index (χ2v) is 8.39. The Bertz CT molecular complexity index is 901. The van der Waals surface area contributed by atoms with Crippen LogP contribution in [0.25, 0.3) is 0 Å². The Balaban J connectivity index is 1.30. The molecular weight excluding hydrogens is 415 g/mol. The first-order chi connectivity index (χ1) is 13.9. The van der Waals surface area contributed by atoms with Crippen molar-refractivity contribution in [3.63, 3.8) is 0 Å². The van der Waals surface area contributed by atoms with Gasteiger partial charge in [-0.3, -0.25) is 4.79 Å². The van der Waals surface area contributed by atoms with E-state index in [9.17, 15) is 14.7 Å². The van der Waals surface area contributed by atoms with Crippen LogP contribution in [0.1, 0.15) is 15.9 Å². The highest BCUT2D eigenvalue weighted by molar-refractivity contribution is 6.34. The molecule has 2 aliphatic rings. The van der Waals surface area contributed by atoms with E-state index >= 15 is 0 Å². The molecule has 29 heavy (non-hydrogen) atoms. The Kier molecular flexibility index (Phi) is 5.56. The number of benzene rings is 2. The van der Waals surface area contributed by atoms with Gasteiger partial charge >= 0.3 is 6.09 Å². The number of nitrogens with zero attached hydrogens (tertiary/aromatic N) is 2. The molecule has 2 unspecified atom stereocenters. The van der Waals surface area contributed by atoms with Crippen LogP contribution in [0.15, 0.2) is 42.5 Å². The number of hydrogen-bond donors (Lipinski definition) is 1. The van der Waals surface area contributed by atoms with Crippen molar-refractivity contribution >= 4 is 35.2 Å². The average Bonchev–Trinajstić information content (AvgIpc) is 3.25. The number of carbonyl (C=O) groups excluding carboxylic acids is 2. The maximum Gasteiger partial charge on any atom is 0.410 e. The van der Waals surface area contributed by atoms with Gasteiger partial charge in [-0.2, -0.15) is 0 Å². The van der Waals surface area contributed by atoms with Crippen LogP contribution in [0, 0.1) is 11.8 Å². The molecule has 6 nitrogen and oxygen atoms in total. The van der Waals surface area contributed by atoms with Crippen LogP contribution in [0.4, 0.5) is 4.79 Å². The summed E-state index contributed by atoms with van der Waals surface area (Å²) in [5, 5.41) is 10.4. The Morgan fingerprint density at radius 3 is 2.07 bits per heavy atom. The molecule has 2 aromatic rings. The Morgan fingerprint density at radius 2 is 1.48 bits per heavy atom. The third-order valence-corrected chi connectivity index (χ3v) is 5.87. The quantitative estimate of drug-likeness (QED) is 0.790. The van der Waals surface area contributed by atoms with E-state index in [1.54, 1.807) is 35.2 Å². The molecule has 2 aromatic carbocycles. The fourth-order valence-corrected chi connectivity index (χ4v) is 4.60. The van der Waals surface area contributed by atoms with Gasteiger partial charge in [0.2, 0.25) is 0 Å². The summed E-state index contributed by atoms with van der Waals surface area (Å²) >= 11 is 11.9. The lowest BCUT2D eigenvalue weighted by molar-refractivity contribution is 0.0764. The lowest BCUT2D eigenvalue weighted by Crippen LogP contribution is -2.35. The summed E-state index contributed by atoms with van der Waals surface area (Å²) in [5.74, 6) is 0.564. The van der Waals surface area contributed by atoms with Crippen LogP contribution in [-0.4, -0.2) is 53.1 Å². The van der Waals surface area contributed by atoms with E-state index in [4.69, 9.17) is 27.9 Å². The maximum absolute atomic E-state index is 12.6. The number of phenols is 1. The minimum absolute atomic E-state index is 0.0497. The third kappa shape index (κ3) is 4.43. The summed E-state index contributed by atoms with van der Waals surface area (Å²) < 4.78 is 5.41. The number of halogens is 2. The molecule has 2 heterocycles. The summed E-state index contributed by atoms with van der Waals surface area (Å²) in [6.07, 6.45) is -0.369. The zero-order valence-corrected chi connectivity index (χ0v) is 17.1. The van der Waals surface area contributed by atoms with E-state index in [1.807, 2.05) is 4.90 Å². The standard InChI is InChI=1S/C21H20Cl2N2O4/c22-17-5-13(6-18(23)7-17)12-29-21(28)25-10-15-8-24(9-16(15)11-25)20(27)14-1-3-19(26)4-2-14/h1-7,15-16,26H,8-12H2. The van der Waals surface area contributed by atoms with Gasteiger partial charge in [-0.25, -0.2) is 4.79 Å². The number of phenolic OH excluding ortho intramolecular Hbond substituents is 1. The lowest BCUT2D eigenvalue weighted by Gasteiger charge is -2.21. The van der Waals surface area contributed by atoms with Gasteiger partial charge in [0.05, 0.1) is 0 Å². The predicted molar refractivity (Wildman–Crippen MR) is 109 cm³/mol. The highest BCUT2D eigenvalue weighted by Gasteiger charge is 2.43. The minimum atomic E-state index is -0.369. The van der Waals surface area contributed by atoms with Gasteiger partial charge in [0.1, 0.15) is 12.4 Å². The summed E-state index contributed by atoms with van der Waals surface area (Å²) in [5.41, 5.74) is 1.29. The van der Waals surface area contributed by atoms with Crippen molar-refractivity contribution in [1.29, 1.82) is 0 Å². The second kappa shape index (κ2) is 8.13. The molecule has 152 valence electrons. The molecule has 0 spiro atoms. The number of fused-ring (bicyclic) bond motifs is 1. The van der Waals surface area contributed by atoms with E-state index < -0.39 is 0 Å². The molecule has 4 rings (SSSR count). The van der Waals surface area contributed by atoms with Gasteiger partial charge in [-0.1, -0.05) is 23.2 Å². The van der Waals surface area contributed by atoms with Crippen molar-refractivity contribution in [2.75, 3.05) is 26.2 Å². The summed E-state index contributed by atoms with van der Waals surface area (Å²) in [6.45, 7) is 2.46. The highest BCUT2D eigenvalue weighted by atomic mass is 35.5. The van der Waals surface area contributed by atoms with Gasteiger partial charge in [0.25, 0.3) is 5.91 Å². The van der Waals surface area contributed by atoms with Crippen LogP contribution in [0.3, 0.4) is 0 Å². The van der Waals surface area contributed by atoms with Gasteiger partial charge in [-0.15, -0.1) is 0 Å². The zero-order chi connectivity index (χ0) is 20.5. The first-order valence-corrected chi connectivity index (χ1v) is 10.1. The summed E-state index contributed by atoms with van der Waals surface area (Å²) in [7, 11) is 0. The molecule has 1 N–H and O–H groups in total. The van der Waals surface area contributed by atoms with Crippen LogP contribution < -0.4 is 0 Å². The maximum atomic E-state index is 12.6. The van der Waals surface area contributed by atoms with E-state index in [1.165, 1.54) is 12.1 Å². The fourth-order valence-electron chi connectivity index (χ4n) is 4.03. The van der Waals surface area contributed by atoms with Crippen molar-refractivity contribution in [3.8, 4) is 5.75 Å². The first kappa shape index (κ1) is 19.9. The number of aromatic hydroxyl groups is 1. The van der Waals surface area contributed by atoms with Crippen molar-refractivity contribution < 1.29 is 19.4 Å². The molecule has 0 aliphatic carbocycles. The fraction of sp³-hybridized carbons (Fsp3) is 0.333. The first-order valence-electron chi connectivity index (χ1n) is 9.34. The van der Waals surface area contributed by atoms with Gasteiger partial charge in [0, 0.05) is 53.6 Å². The molecule has 0 bridgehead atoms. The molecule has 0 radical (unpaired) electrons. The van der Waals surface area contributed by atoms with Crippen molar-refractivity contribution in [2.45, 2.75) is 6.61 Å². The number of ether oxygens (including phenoxy) is 1. The SMILES string of the molecule is O=C(OCc1cc(Cl)cc(Cl)c1)N1CC2CN(C(=O)c3ccc(O)cc3)CC2C1. The lowest BCUT2D eigenvalue weighted by atomic mass is 10.0. The Labute approximate surface area is 178 Å². The van der Waals surface area contributed by atoms with E-state index in [2.05, 4.69) is 0 Å². The minimum Gasteiger partial charge on any atom is -0.508 e. The molecule has 2 fully saturated rings. The molecule has 0 saturated carbocycles. The van der Waals surface area contributed by atoms with Gasteiger partial charge in [-0.05, 0) is 48.0 Å². The number of carbonyl (C=O) groups is 2. The average molecular weight is 435 g/mol. The van der Waals surface area contributed by atoms with E-state index in [-0.39, 0.29) is 36.2 Å². The number of hydrogen-bond acceptors (Lipinski definition) is 4. The third-order valence-electron chi connectivity index (χ3n) is 5.43. The van der Waals surface area contributed by atoms with Crippen molar-refractivity contribution in [3.05, 3.63) is 63.6 Å². The van der Waals surface area contributed by atoms with Crippen LogP contribution in [0.5, 0.6) is 5.75 Å². The number of amides is 2. The molecule has 2 atom stereocenters. The summed E-state index contributed by atoms with van der Waals surface area (Å²) in [4.78, 5) is 28.6. The topological polar surface area (TPSA) is 70.1 Å². The molecule has 0 aromatic heterocycles. The van der Waals surface area contributed by atoms with Crippen molar-refractivity contribution in [2.24, 2.45) is 11.8 Å². The molecule has 8 heteroatoms. The van der Waals surface area contributed by atoms with Crippen LogP contribution in [0.2, 0.25) is 10.0 Å². The number of likely N-dealkylation sites (tertiary alicyclic amines) is 2. The van der Waals surface area contributed by atoms with E-state index in [0.717, 1.165) is 5.56 Å².